The Kier molecular flexibility index (Phi) is 9.78. The number of amides is 1. The van der Waals surface area contributed by atoms with Crippen molar-refractivity contribution in [1.82, 2.24) is 34.0 Å². The van der Waals surface area contributed by atoms with E-state index in [2.05, 4.69) is 65.9 Å². The van der Waals surface area contributed by atoms with Gasteiger partial charge in [-0.1, -0.05) is 19.9 Å². The number of hydrogen-bond acceptors (Lipinski definition) is 7. The molecule has 0 saturated carbocycles. The molecule has 1 amide bonds. The summed E-state index contributed by atoms with van der Waals surface area (Å²) in [6.07, 6.45) is 2.43. The van der Waals surface area contributed by atoms with E-state index in [4.69, 9.17) is 4.98 Å². The maximum Gasteiger partial charge on any atom is 0.251 e. The second-order valence-corrected chi connectivity index (χ2v) is 14.2. The van der Waals surface area contributed by atoms with Crippen LogP contribution in [-0.2, 0) is 10.0 Å². The number of carbonyl (C=O) groups excluding carboxylic acids is 1. The fourth-order valence-corrected chi connectivity index (χ4v) is 7.41. The minimum absolute atomic E-state index is 0.0308. The van der Waals surface area contributed by atoms with Crippen LogP contribution in [0.2, 0.25) is 0 Å². The van der Waals surface area contributed by atoms with Crippen molar-refractivity contribution in [2.24, 2.45) is 0 Å². The lowest BCUT2D eigenvalue weighted by atomic mass is 10.1. The molecule has 13 heteroatoms. The van der Waals surface area contributed by atoms with Crippen molar-refractivity contribution in [3.05, 3.63) is 58.0 Å². The number of imidazole rings is 1. The molecule has 0 radical (unpaired) electrons. The largest absolute Gasteiger partial charge is 0.378 e. The van der Waals surface area contributed by atoms with Gasteiger partial charge in [0.25, 0.3) is 5.91 Å². The topological polar surface area (TPSA) is 128 Å². The fraction of sp³-hybridized carbons (Fsp3) is 0.452. The molecule has 236 valence electrons. The number of aromatic amines is 1. The molecule has 1 aliphatic heterocycles. The first-order valence-corrected chi connectivity index (χ1v) is 17.5. The van der Waals surface area contributed by atoms with Gasteiger partial charge in [-0.3, -0.25) is 4.79 Å². The number of benzene rings is 1. The number of hydrogen-bond donors (Lipinski definition) is 3. The Morgan fingerprint density at radius 2 is 1.95 bits per heavy atom. The van der Waals surface area contributed by atoms with Crippen molar-refractivity contribution in [3.8, 4) is 17.1 Å². The third kappa shape index (κ3) is 6.56. The lowest BCUT2D eigenvalue weighted by Gasteiger charge is -2.18. The van der Waals surface area contributed by atoms with Crippen molar-refractivity contribution in [2.45, 2.75) is 47.1 Å². The van der Waals surface area contributed by atoms with Crippen molar-refractivity contribution < 1.29 is 13.2 Å². The van der Waals surface area contributed by atoms with Gasteiger partial charge in [0.05, 0.1) is 15.9 Å². The first-order valence-electron chi connectivity index (χ1n) is 15.1. The van der Waals surface area contributed by atoms with Gasteiger partial charge in [-0.25, -0.2) is 18.4 Å². The van der Waals surface area contributed by atoms with E-state index < -0.39 is 10.0 Å². The summed E-state index contributed by atoms with van der Waals surface area (Å²) < 4.78 is 29.2. The normalized spacial score (nSPS) is 15.8. The maximum absolute atomic E-state index is 12.9. The average molecular weight is 686 g/mol. The van der Waals surface area contributed by atoms with Gasteiger partial charge in [-0.2, -0.15) is 4.31 Å². The Morgan fingerprint density at radius 3 is 2.68 bits per heavy atom. The number of fused-ring (bicyclic) bond motifs is 1. The highest BCUT2D eigenvalue weighted by molar-refractivity contribution is 9.10. The summed E-state index contributed by atoms with van der Waals surface area (Å²) in [5, 5.41) is 6.58. The van der Waals surface area contributed by atoms with E-state index in [-0.39, 0.29) is 17.7 Å². The van der Waals surface area contributed by atoms with Crippen LogP contribution in [0.5, 0.6) is 0 Å². The molecule has 1 aliphatic rings. The van der Waals surface area contributed by atoms with E-state index in [9.17, 15) is 13.2 Å². The van der Waals surface area contributed by atoms with Crippen LogP contribution in [0.1, 0.15) is 48.9 Å². The lowest BCUT2D eigenvalue weighted by molar-refractivity contribution is 0.0949. The zero-order valence-corrected chi connectivity index (χ0v) is 28.3. The lowest BCUT2D eigenvalue weighted by Crippen LogP contribution is -2.34. The smallest absolute Gasteiger partial charge is 0.251 e. The molecule has 1 saturated heterocycles. The number of aryl methyl sites for hydroxylation is 1. The van der Waals surface area contributed by atoms with Gasteiger partial charge >= 0.3 is 0 Å². The van der Waals surface area contributed by atoms with Crippen molar-refractivity contribution >= 4 is 48.7 Å². The monoisotopic (exact) mass is 684 g/mol. The fourth-order valence-electron chi connectivity index (χ4n) is 5.84. The van der Waals surface area contributed by atoms with Gasteiger partial charge in [0.1, 0.15) is 11.3 Å². The standard InChI is InChI=1S/C31H41BrN8O3S/c1-6-38(7-2)15-13-33-31(41)22-10-9-11-24(17-22)40-20(4)16-25(21(40)5)29-36-28-27(26(32)18-34-30(28)37-29)35-23-12-14-39(19-23)44(42,43)8-3/h9-11,16-18,23H,6-8,12-15,19H2,1-5H3,(H,33,41)(H2,34,35,36,37). The minimum Gasteiger partial charge on any atom is -0.378 e. The van der Waals surface area contributed by atoms with Crippen LogP contribution in [0.15, 0.2) is 41.0 Å². The first-order chi connectivity index (χ1) is 21.1. The molecule has 1 fully saturated rings. The molecule has 44 heavy (non-hydrogen) atoms. The molecular weight excluding hydrogens is 644 g/mol. The van der Waals surface area contributed by atoms with Crippen molar-refractivity contribution in [2.75, 3.05) is 50.3 Å². The van der Waals surface area contributed by atoms with Crippen LogP contribution in [0.4, 0.5) is 5.69 Å². The maximum atomic E-state index is 12.9. The molecule has 5 rings (SSSR count). The molecule has 0 spiro atoms. The first kappa shape index (κ1) is 32.1. The highest BCUT2D eigenvalue weighted by atomic mass is 79.9. The zero-order chi connectivity index (χ0) is 31.6. The number of H-pyrrole nitrogens is 1. The Bertz CT molecular complexity index is 1760. The minimum atomic E-state index is -3.23. The summed E-state index contributed by atoms with van der Waals surface area (Å²) in [5.41, 5.74) is 6.55. The number of rotatable bonds is 12. The van der Waals surface area contributed by atoms with Gasteiger partial charge in [0, 0.05) is 66.6 Å². The van der Waals surface area contributed by atoms with Crippen molar-refractivity contribution in [3.63, 3.8) is 0 Å². The molecule has 4 aromatic rings. The number of nitrogens with one attached hydrogen (secondary N) is 3. The van der Waals surface area contributed by atoms with E-state index >= 15 is 0 Å². The summed E-state index contributed by atoms with van der Waals surface area (Å²) in [6, 6.07) is 9.71. The number of pyridine rings is 1. The SMILES string of the molecule is CCN(CC)CCNC(=O)c1cccc(-n2c(C)cc(-c3nc4ncc(Br)c(NC5CCN(S(=O)(=O)CC)C5)c4[nH]3)c2C)c1. The number of nitrogens with zero attached hydrogens (tertiary/aromatic N) is 5. The van der Waals surface area contributed by atoms with Crippen LogP contribution in [0, 0.1) is 13.8 Å². The van der Waals surface area contributed by atoms with Crippen LogP contribution in [-0.4, -0.2) is 94.1 Å². The number of likely N-dealkylation sites (N-methyl/N-ethyl adjacent to an activating group) is 1. The predicted molar refractivity (Wildman–Crippen MR) is 179 cm³/mol. The Labute approximate surface area is 267 Å². The highest BCUT2D eigenvalue weighted by Gasteiger charge is 2.31. The molecule has 1 atom stereocenters. The molecule has 11 nitrogen and oxygen atoms in total. The predicted octanol–water partition coefficient (Wildman–Crippen LogP) is 4.70. The molecule has 1 unspecified atom stereocenters. The number of halogens is 1. The molecule has 3 N–H and O–H groups in total. The van der Waals surface area contributed by atoms with E-state index in [1.807, 2.05) is 38.1 Å². The third-order valence-electron chi connectivity index (χ3n) is 8.39. The van der Waals surface area contributed by atoms with Gasteiger partial charge in [-0.15, -0.1) is 0 Å². The van der Waals surface area contributed by atoms with Crippen LogP contribution in [0.3, 0.4) is 0 Å². The van der Waals surface area contributed by atoms with Crippen molar-refractivity contribution in [1.29, 1.82) is 0 Å². The van der Waals surface area contributed by atoms with Gasteiger partial charge in [-0.05, 0) is 80.5 Å². The van der Waals surface area contributed by atoms with E-state index in [0.717, 1.165) is 57.9 Å². The molecule has 0 bridgehead atoms. The van der Waals surface area contributed by atoms with Crippen LogP contribution < -0.4 is 10.6 Å². The Morgan fingerprint density at radius 1 is 1.18 bits per heavy atom. The second kappa shape index (κ2) is 13.4. The Hall–Kier alpha value is -3.26. The third-order valence-corrected chi connectivity index (χ3v) is 10.8. The molecule has 0 aliphatic carbocycles. The van der Waals surface area contributed by atoms with Gasteiger partial charge < -0.3 is 25.1 Å². The van der Waals surface area contributed by atoms with Gasteiger partial charge in [0.2, 0.25) is 10.0 Å². The van der Waals surface area contributed by atoms with Crippen LogP contribution in [0.25, 0.3) is 28.2 Å². The summed E-state index contributed by atoms with van der Waals surface area (Å²) in [6.45, 7) is 14.2. The summed E-state index contributed by atoms with van der Waals surface area (Å²) in [5.74, 6) is 0.688. The number of anilines is 1. The van der Waals surface area contributed by atoms with E-state index in [1.165, 1.54) is 0 Å². The highest BCUT2D eigenvalue weighted by Crippen LogP contribution is 2.34. The van der Waals surface area contributed by atoms with Gasteiger partial charge in [0.15, 0.2) is 5.65 Å². The molecular formula is C31H41BrN8O3S. The quantitative estimate of drug-likeness (QED) is 0.197. The number of carbonyl (C=O) groups is 1. The molecule has 3 aromatic heterocycles. The summed E-state index contributed by atoms with van der Waals surface area (Å²) in [7, 11) is -3.23. The Balaban J connectivity index is 1.39. The zero-order valence-electron chi connectivity index (χ0n) is 25.9. The van der Waals surface area contributed by atoms with E-state index in [1.54, 1.807) is 17.4 Å². The number of sulfonamides is 1. The summed E-state index contributed by atoms with van der Waals surface area (Å²) in [4.78, 5) is 28.1. The summed E-state index contributed by atoms with van der Waals surface area (Å²) >= 11 is 3.62. The number of aromatic nitrogens is 4. The average Bonchev–Trinajstić information content (AvgIpc) is 3.74. The van der Waals surface area contributed by atoms with Crippen LogP contribution >= 0.6 is 15.9 Å². The molecule has 4 heterocycles. The molecule has 1 aromatic carbocycles. The van der Waals surface area contributed by atoms with E-state index in [0.29, 0.717) is 43.1 Å². The second-order valence-electron chi connectivity index (χ2n) is 11.1.